The molecule has 0 aliphatic rings. The van der Waals surface area contributed by atoms with Crippen molar-refractivity contribution in [2.75, 3.05) is 17.6 Å². The van der Waals surface area contributed by atoms with Crippen LogP contribution in [0.4, 0.5) is 5.69 Å². The molecule has 0 saturated heterocycles. The van der Waals surface area contributed by atoms with Crippen LogP contribution in [0.5, 0.6) is 0 Å². The topological polar surface area (TPSA) is 24.1 Å². The normalized spacial score (nSPS) is 10.3. The lowest BCUT2D eigenvalue weighted by Gasteiger charge is -2.11. The number of benzene rings is 2. The Morgan fingerprint density at radius 1 is 1.17 bits per heavy atom. The first-order valence-corrected chi connectivity index (χ1v) is 10.00. The third-order valence-electron chi connectivity index (χ3n) is 3.04. The summed E-state index contributed by atoms with van der Waals surface area (Å²) in [5.41, 5.74) is 2.25. The summed E-state index contributed by atoms with van der Waals surface area (Å²) >= 11 is 16.6. The van der Waals surface area contributed by atoms with Crippen LogP contribution < -0.4 is 10.6 Å². The lowest BCUT2D eigenvalue weighted by atomic mass is 10.2. The lowest BCUT2D eigenvalue weighted by molar-refractivity contribution is 0.854. The average molecular weight is 430 g/mol. The number of nitrogens with one attached hydrogen (secondary N) is 2. The fourth-order valence-corrected chi connectivity index (χ4v) is 3.46. The first kappa shape index (κ1) is 18.6. The summed E-state index contributed by atoms with van der Waals surface area (Å²) in [6, 6.07) is 16.2. The third-order valence-corrected chi connectivity index (χ3v) is 5.63. The fourth-order valence-electron chi connectivity index (χ4n) is 1.89. The van der Waals surface area contributed by atoms with Crippen LogP contribution in [0.25, 0.3) is 0 Å². The summed E-state index contributed by atoms with van der Waals surface area (Å²) in [6.07, 6.45) is 1.07. The van der Waals surface area contributed by atoms with E-state index in [1.165, 1.54) is 5.56 Å². The molecule has 122 valence electrons. The van der Waals surface area contributed by atoms with Crippen molar-refractivity contribution in [3.05, 3.63) is 63.6 Å². The molecule has 0 unspecified atom stereocenters. The zero-order valence-corrected chi connectivity index (χ0v) is 16.5. The summed E-state index contributed by atoms with van der Waals surface area (Å²) in [6.45, 7) is 0.859. The standard InChI is InChI=1S/C17H18BrClN2S2/c18-15-8-7-14(11-16(15)19)21-17(22)20-9-4-10-23-12-13-5-2-1-3-6-13/h1-3,5-8,11H,4,9-10,12H2,(H2,20,21,22). The molecule has 0 aliphatic carbocycles. The smallest absolute Gasteiger partial charge is 0.170 e. The van der Waals surface area contributed by atoms with Crippen molar-refractivity contribution in [2.24, 2.45) is 0 Å². The molecule has 2 aromatic rings. The van der Waals surface area contributed by atoms with E-state index in [9.17, 15) is 0 Å². The quantitative estimate of drug-likeness (QED) is 0.434. The van der Waals surface area contributed by atoms with Gasteiger partial charge in [0.1, 0.15) is 0 Å². The second kappa shape index (κ2) is 10.2. The van der Waals surface area contributed by atoms with E-state index in [2.05, 4.69) is 50.8 Å². The van der Waals surface area contributed by atoms with E-state index in [4.69, 9.17) is 23.8 Å². The molecule has 6 heteroatoms. The monoisotopic (exact) mass is 428 g/mol. The van der Waals surface area contributed by atoms with Crippen LogP contribution in [0.2, 0.25) is 5.02 Å². The minimum Gasteiger partial charge on any atom is -0.362 e. The zero-order chi connectivity index (χ0) is 16.5. The molecule has 0 atom stereocenters. The SMILES string of the molecule is S=C(NCCCSCc1ccccc1)Nc1ccc(Br)c(Cl)c1. The van der Waals surface area contributed by atoms with Crippen molar-refractivity contribution in [3.63, 3.8) is 0 Å². The summed E-state index contributed by atoms with van der Waals surface area (Å²) in [4.78, 5) is 0. The number of hydrogen-bond acceptors (Lipinski definition) is 2. The van der Waals surface area contributed by atoms with Gasteiger partial charge in [-0.3, -0.25) is 0 Å². The zero-order valence-electron chi connectivity index (χ0n) is 12.5. The minimum absolute atomic E-state index is 0.622. The maximum atomic E-state index is 6.06. The Morgan fingerprint density at radius 3 is 2.70 bits per heavy atom. The second-order valence-corrected chi connectivity index (χ2v) is 7.68. The Labute approximate surface area is 160 Å². The number of thioether (sulfide) groups is 1. The average Bonchev–Trinajstić information content (AvgIpc) is 2.55. The van der Waals surface area contributed by atoms with Gasteiger partial charge in [-0.1, -0.05) is 41.9 Å². The fraction of sp³-hybridized carbons (Fsp3) is 0.235. The van der Waals surface area contributed by atoms with E-state index in [-0.39, 0.29) is 0 Å². The highest BCUT2D eigenvalue weighted by Crippen LogP contribution is 2.25. The maximum absolute atomic E-state index is 6.06. The Hall–Kier alpha value is -0.750. The van der Waals surface area contributed by atoms with Crippen molar-refractivity contribution in [1.29, 1.82) is 0 Å². The van der Waals surface area contributed by atoms with E-state index in [1.54, 1.807) is 0 Å². The van der Waals surface area contributed by atoms with Gasteiger partial charge in [-0.15, -0.1) is 0 Å². The molecule has 0 saturated carbocycles. The van der Waals surface area contributed by atoms with Crippen LogP contribution in [0.1, 0.15) is 12.0 Å². The Bertz CT molecular complexity index is 638. The molecule has 0 fully saturated rings. The molecule has 23 heavy (non-hydrogen) atoms. The molecule has 0 bridgehead atoms. The highest BCUT2D eigenvalue weighted by Gasteiger charge is 2.01. The molecule has 0 spiro atoms. The number of anilines is 1. The van der Waals surface area contributed by atoms with Gasteiger partial charge in [-0.25, -0.2) is 0 Å². The highest BCUT2D eigenvalue weighted by atomic mass is 79.9. The summed E-state index contributed by atoms with van der Waals surface area (Å²) in [5, 5.41) is 7.63. The molecule has 0 aliphatic heterocycles. The van der Waals surface area contributed by atoms with Gasteiger partial charge in [0.05, 0.1) is 5.02 Å². The molecule has 2 N–H and O–H groups in total. The molecular weight excluding hydrogens is 412 g/mol. The van der Waals surface area contributed by atoms with Gasteiger partial charge in [0.25, 0.3) is 0 Å². The predicted molar refractivity (Wildman–Crippen MR) is 111 cm³/mol. The number of thiocarbonyl (C=S) groups is 1. The van der Waals surface area contributed by atoms with Gasteiger partial charge in [-0.2, -0.15) is 11.8 Å². The molecule has 0 radical (unpaired) electrons. The molecule has 0 heterocycles. The van der Waals surface area contributed by atoms with Gasteiger partial charge in [0, 0.05) is 22.5 Å². The Kier molecular flexibility index (Phi) is 8.23. The second-order valence-electron chi connectivity index (χ2n) is 4.90. The van der Waals surface area contributed by atoms with Crippen molar-refractivity contribution in [1.82, 2.24) is 5.32 Å². The van der Waals surface area contributed by atoms with E-state index in [0.29, 0.717) is 10.1 Å². The first-order chi connectivity index (χ1) is 11.1. The van der Waals surface area contributed by atoms with Crippen LogP contribution in [-0.2, 0) is 5.75 Å². The third kappa shape index (κ3) is 7.12. The van der Waals surface area contributed by atoms with Gasteiger partial charge in [0.15, 0.2) is 5.11 Å². The van der Waals surface area contributed by atoms with Crippen LogP contribution in [0, 0.1) is 0 Å². The predicted octanol–water partition coefficient (Wildman–Crippen LogP) is 5.71. The summed E-state index contributed by atoms with van der Waals surface area (Å²) < 4.78 is 0.874. The van der Waals surface area contributed by atoms with Crippen molar-refractivity contribution < 1.29 is 0 Å². The number of hydrogen-bond donors (Lipinski definition) is 2. The van der Waals surface area contributed by atoms with Crippen LogP contribution in [0.3, 0.4) is 0 Å². The molecular formula is C17H18BrClN2S2. The van der Waals surface area contributed by atoms with Crippen molar-refractivity contribution in [3.8, 4) is 0 Å². The Balaban J connectivity index is 1.58. The molecule has 2 nitrogen and oxygen atoms in total. The number of rotatable bonds is 7. The minimum atomic E-state index is 0.622. The summed E-state index contributed by atoms with van der Waals surface area (Å²) in [5.74, 6) is 2.16. The van der Waals surface area contributed by atoms with Crippen molar-refractivity contribution in [2.45, 2.75) is 12.2 Å². The largest absolute Gasteiger partial charge is 0.362 e. The van der Waals surface area contributed by atoms with Gasteiger partial charge in [-0.05, 0) is 64.1 Å². The summed E-state index contributed by atoms with van der Waals surface area (Å²) in [7, 11) is 0. The maximum Gasteiger partial charge on any atom is 0.170 e. The Morgan fingerprint density at radius 2 is 1.96 bits per heavy atom. The molecule has 2 aromatic carbocycles. The van der Waals surface area contributed by atoms with E-state index in [1.807, 2.05) is 36.0 Å². The molecule has 0 amide bonds. The van der Waals surface area contributed by atoms with Crippen LogP contribution >= 0.6 is 51.5 Å². The van der Waals surface area contributed by atoms with E-state index < -0.39 is 0 Å². The van der Waals surface area contributed by atoms with Crippen molar-refractivity contribution >= 4 is 62.3 Å². The van der Waals surface area contributed by atoms with Crippen LogP contribution in [0.15, 0.2) is 53.0 Å². The molecule has 0 aromatic heterocycles. The van der Waals surface area contributed by atoms with Gasteiger partial charge >= 0.3 is 0 Å². The highest BCUT2D eigenvalue weighted by molar-refractivity contribution is 9.10. The van der Waals surface area contributed by atoms with Crippen LogP contribution in [-0.4, -0.2) is 17.4 Å². The number of halogens is 2. The van der Waals surface area contributed by atoms with Gasteiger partial charge < -0.3 is 10.6 Å². The lowest BCUT2D eigenvalue weighted by Crippen LogP contribution is -2.29. The molecule has 2 rings (SSSR count). The van der Waals surface area contributed by atoms with E-state index >= 15 is 0 Å². The van der Waals surface area contributed by atoms with E-state index in [0.717, 1.165) is 34.6 Å². The van der Waals surface area contributed by atoms with Gasteiger partial charge in [0.2, 0.25) is 0 Å². The first-order valence-electron chi connectivity index (χ1n) is 7.27.